The molecular weight excluding hydrogens is 262 g/mol. The maximum atomic E-state index is 11.0. The molecule has 1 aromatic carbocycles. The zero-order valence-electron chi connectivity index (χ0n) is 13.4. The summed E-state index contributed by atoms with van der Waals surface area (Å²) in [5, 5.41) is 9.05. The molecule has 3 heteroatoms. The zero-order valence-corrected chi connectivity index (χ0v) is 13.4. The highest BCUT2D eigenvalue weighted by Crippen LogP contribution is 2.25. The number of carboxylic acids is 1. The topological polar surface area (TPSA) is 40.5 Å². The van der Waals surface area contributed by atoms with Crippen molar-refractivity contribution in [2.75, 3.05) is 6.54 Å². The van der Waals surface area contributed by atoms with Gasteiger partial charge in [0.15, 0.2) is 0 Å². The molecule has 116 valence electrons. The van der Waals surface area contributed by atoms with Crippen LogP contribution in [0.4, 0.5) is 0 Å². The number of aliphatic carboxylic acids is 1. The number of carbonyl (C=O) groups is 1. The Bertz CT molecular complexity index is 473. The third kappa shape index (κ3) is 4.57. The van der Waals surface area contributed by atoms with Crippen molar-refractivity contribution in [2.24, 2.45) is 0 Å². The van der Waals surface area contributed by atoms with Crippen molar-refractivity contribution in [2.45, 2.75) is 64.5 Å². The van der Waals surface area contributed by atoms with Crippen molar-refractivity contribution >= 4 is 5.97 Å². The number of rotatable bonds is 4. The summed E-state index contributed by atoms with van der Waals surface area (Å²) in [6.45, 7) is 8.53. The van der Waals surface area contributed by atoms with E-state index in [9.17, 15) is 4.79 Å². The van der Waals surface area contributed by atoms with Crippen molar-refractivity contribution in [1.29, 1.82) is 0 Å². The summed E-state index contributed by atoms with van der Waals surface area (Å²) in [4.78, 5) is 13.3. The van der Waals surface area contributed by atoms with Gasteiger partial charge in [-0.25, -0.2) is 0 Å². The second-order valence-electron chi connectivity index (χ2n) is 7.16. The van der Waals surface area contributed by atoms with Crippen LogP contribution in [-0.4, -0.2) is 28.6 Å². The van der Waals surface area contributed by atoms with Crippen LogP contribution >= 0.6 is 0 Å². The third-order valence-corrected chi connectivity index (χ3v) is 4.36. The van der Waals surface area contributed by atoms with Gasteiger partial charge in [0.1, 0.15) is 0 Å². The second kappa shape index (κ2) is 6.61. The van der Waals surface area contributed by atoms with Crippen molar-refractivity contribution in [1.82, 2.24) is 4.90 Å². The van der Waals surface area contributed by atoms with E-state index >= 15 is 0 Å². The molecule has 0 radical (unpaired) electrons. The van der Waals surface area contributed by atoms with Gasteiger partial charge in [0, 0.05) is 12.6 Å². The smallest absolute Gasteiger partial charge is 0.304 e. The first-order chi connectivity index (χ1) is 9.86. The van der Waals surface area contributed by atoms with Crippen LogP contribution in [0.15, 0.2) is 24.3 Å². The molecule has 0 saturated carbocycles. The van der Waals surface area contributed by atoms with E-state index in [2.05, 4.69) is 49.9 Å². The van der Waals surface area contributed by atoms with Crippen LogP contribution in [0.25, 0.3) is 0 Å². The molecule has 1 aliphatic rings. The fraction of sp³-hybridized carbons (Fsp3) is 0.611. The zero-order chi connectivity index (χ0) is 15.5. The van der Waals surface area contributed by atoms with Gasteiger partial charge in [-0.15, -0.1) is 0 Å². The summed E-state index contributed by atoms with van der Waals surface area (Å²) >= 11 is 0. The van der Waals surface area contributed by atoms with E-state index in [1.54, 1.807) is 0 Å². The van der Waals surface area contributed by atoms with Gasteiger partial charge in [0.25, 0.3) is 0 Å². The van der Waals surface area contributed by atoms with Gasteiger partial charge in [-0.1, -0.05) is 51.5 Å². The van der Waals surface area contributed by atoms with E-state index in [0.717, 1.165) is 25.9 Å². The summed E-state index contributed by atoms with van der Waals surface area (Å²) in [6, 6.07) is 8.97. The molecule has 2 rings (SSSR count). The summed E-state index contributed by atoms with van der Waals surface area (Å²) in [6.07, 6.45) is 3.60. The summed E-state index contributed by atoms with van der Waals surface area (Å²) in [7, 11) is 0. The Kier molecular flexibility index (Phi) is 5.04. The van der Waals surface area contributed by atoms with Gasteiger partial charge >= 0.3 is 5.97 Å². The van der Waals surface area contributed by atoms with Crippen LogP contribution in [0, 0.1) is 0 Å². The highest BCUT2D eigenvalue weighted by atomic mass is 16.4. The van der Waals surface area contributed by atoms with Gasteiger partial charge in [0.2, 0.25) is 0 Å². The first-order valence-electron chi connectivity index (χ1n) is 7.91. The van der Waals surface area contributed by atoms with E-state index in [4.69, 9.17) is 5.11 Å². The predicted octanol–water partition coefficient (Wildman–Crippen LogP) is 3.81. The lowest BCUT2D eigenvalue weighted by Gasteiger charge is -2.35. The van der Waals surface area contributed by atoms with Crippen LogP contribution in [-0.2, 0) is 16.8 Å². The van der Waals surface area contributed by atoms with Crippen LogP contribution in [0.5, 0.6) is 0 Å². The quantitative estimate of drug-likeness (QED) is 0.916. The fourth-order valence-electron chi connectivity index (χ4n) is 3.05. The Hall–Kier alpha value is -1.35. The number of hydrogen-bond donors (Lipinski definition) is 1. The van der Waals surface area contributed by atoms with Crippen molar-refractivity contribution in [3.8, 4) is 0 Å². The van der Waals surface area contributed by atoms with Gasteiger partial charge in [-0.3, -0.25) is 9.69 Å². The molecule has 1 heterocycles. The minimum Gasteiger partial charge on any atom is -0.481 e. The van der Waals surface area contributed by atoms with Crippen LogP contribution in [0.3, 0.4) is 0 Å². The average Bonchev–Trinajstić information content (AvgIpc) is 2.40. The van der Waals surface area contributed by atoms with E-state index < -0.39 is 5.97 Å². The lowest BCUT2D eigenvalue weighted by molar-refractivity contribution is -0.138. The van der Waals surface area contributed by atoms with Crippen LogP contribution < -0.4 is 0 Å². The minimum atomic E-state index is -0.685. The highest BCUT2D eigenvalue weighted by Gasteiger charge is 2.24. The number of benzene rings is 1. The van der Waals surface area contributed by atoms with Gasteiger partial charge in [-0.05, 0) is 35.9 Å². The Balaban J connectivity index is 2.03. The summed E-state index contributed by atoms with van der Waals surface area (Å²) in [5.74, 6) is -0.685. The standard InChI is InChI=1S/C18H27NO2/c1-18(2,3)15-9-7-14(8-10-15)13-19-11-5-4-6-16(19)12-17(20)21/h7-10,16H,4-6,11-13H2,1-3H3,(H,20,21). The number of piperidine rings is 1. The predicted molar refractivity (Wildman–Crippen MR) is 85.4 cm³/mol. The number of hydrogen-bond acceptors (Lipinski definition) is 2. The van der Waals surface area contributed by atoms with Crippen LogP contribution in [0.1, 0.15) is 57.6 Å². The minimum absolute atomic E-state index is 0.176. The van der Waals surface area contributed by atoms with Crippen molar-refractivity contribution < 1.29 is 9.90 Å². The maximum absolute atomic E-state index is 11.0. The summed E-state index contributed by atoms with van der Waals surface area (Å²) in [5.41, 5.74) is 2.79. The molecule has 1 atom stereocenters. The Morgan fingerprint density at radius 2 is 1.90 bits per heavy atom. The van der Waals surface area contributed by atoms with Gasteiger partial charge in [0.05, 0.1) is 6.42 Å². The molecule has 1 aromatic rings. The monoisotopic (exact) mass is 289 g/mol. The molecule has 0 bridgehead atoms. The second-order valence-corrected chi connectivity index (χ2v) is 7.16. The van der Waals surface area contributed by atoms with Crippen molar-refractivity contribution in [3.05, 3.63) is 35.4 Å². The molecule has 1 unspecified atom stereocenters. The van der Waals surface area contributed by atoms with Crippen molar-refractivity contribution in [3.63, 3.8) is 0 Å². The molecule has 3 nitrogen and oxygen atoms in total. The summed E-state index contributed by atoms with van der Waals surface area (Å²) < 4.78 is 0. The SMILES string of the molecule is CC(C)(C)c1ccc(CN2CCCCC2CC(=O)O)cc1. The molecule has 1 fully saturated rings. The fourth-order valence-corrected chi connectivity index (χ4v) is 3.05. The molecular formula is C18H27NO2. The Morgan fingerprint density at radius 3 is 2.48 bits per heavy atom. The molecule has 0 amide bonds. The first kappa shape index (κ1) is 16.0. The molecule has 0 spiro atoms. The lowest BCUT2D eigenvalue weighted by atomic mass is 9.86. The first-order valence-corrected chi connectivity index (χ1v) is 7.91. The molecule has 1 aliphatic heterocycles. The normalized spacial score (nSPS) is 20.4. The van der Waals surface area contributed by atoms with Gasteiger partial charge < -0.3 is 5.11 Å². The molecule has 1 N–H and O–H groups in total. The number of likely N-dealkylation sites (tertiary alicyclic amines) is 1. The largest absolute Gasteiger partial charge is 0.481 e. The lowest BCUT2D eigenvalue weighted by Crippen LogP contribution is -2.40. The Labute approximate surface area is 128 Å². The highest BCUT2D eigenvalue weighted by molar-refractivity contribution is 5.67. The maximum Gasteiger partial charge on any atom is 0.304 e. The Morgan fingerprint density at radius 1 is 1.24 bits per heavy atom. The van der Waals surface area contributed by atoms with Crippen LogP contribution in [0.2, 0.25) is 0 Å². The molecule has 0 aromatic heterocycles. The molecule has 1 saturated heterocycles. The number of carboxylic acid groups (broad SMARTS) is 1. The average molecular weight is 289 g/mol. The van der Waals surface area contributed by atoms with E-state index in [1.807, 2.05) is 0 Å². The molecule has 0 aliphatic carbocycles. The van der Waals surface area contributed by atoms with E-state index in [1.165, 1.54) is 17.5 Å². The molecule has 21 heavy (non-hydrogen) atoms. The third-order valence-electron chi connectivity index (χ3n) is 4.36. The van der Waals surface area contributed by atoms with E-state index in [-0.39, 0.29) is 17.9 Å². The number of nitrogens with zero attached hydrogens (tertiary/aromatic N) is 1. The van der Waals surface area contributed by atoms with E-state index in [0.29, 0.717) is 0 Å². The van der Waals surface area contributed by atoms with Gasteiger partial charge in [-0.2, -0.15) is 0 Å².